The maximum Gasteiger partial charge on any atom is 0.281 e. The molecule has 0 aliphatic carbocycles. The van der Waals surface area contributed by atoms with Crippen LogP contribution < -0.4 is 5.73 Å². The van der Waals surface area contributed by atoms with Crippen LogP contribution in [0.25, 0.3) is 0 Å². The molecule has 2 N–H and O–H groups in total. The fraction of sp³-hybridized carbons (Fsp3) is 0.250. The predicted molar refractivity (Wildman–Crippen MR) is 42.4 cm³/mol. The van der Waals surface area contributed by atoms with Crippen LogP contribution >= 0.6 is 0 Å². The number of halogens is 3. The maximum atomic E-state index is 13.2. The van der Waals surface area contributed by atoms with Gasteiger partial charge >= 0.3 is 0 Å². The molecule has 0 aromatic carbocycles. The average Bonchev–Trinajstić information content (AvgIpc) is 2.17. The summed E-state index contributed by atoms with van der Waals surface area (Å²) < 4.78 is 37.6. The second-order valence-corrected chi connectivity index (χ2v) is 2.52. The van der Waals surface area contributed by atoms with E-state index in [-0.39, 0.29) is 18.4 Å². The summed E-state index contributed by atoms with van der Waals surface area (Å²) in [5, 5.41) is 0. The minimum atomic E-state index is -2.98. The Balaban J connectivity index is 3.35. The maximum absolute atomic E-state index is 13.2. The third-order valence-electron chi connectivity index (χ3n) is 1.70. The Morgan fingerprint density at radius 3 is 2.64 bits per heavy atom. The Morgan fingerprint density at radius 2 is 2.21 bits per heavy atom. The highest BCUT2D eigenvalue weighted by molar-refractivity contribution is 5.77. The lowest BCUT2D eigenvalue weighted by Crippen LogP contribution is -2.08. The standard InChI is InChI=1S/C8H7F3N2O/c9-6-4(1-12)2-13-7(8(10)11)5(6)3-14/h2-3,8H,1,12H2. The van der Waals surface area contributed by atoms with Crippen molar-refractivity contribution in [2.24, 2.45) is 5.73 Å². The fourth-order valence-electron chi connectivity index (χ4n) is 0.987. The number of aldehydes is 1. The van der Waals surface area contributed by atoms with Gasteiger partial charge in [-0.2, -0.15) is 0 Å². The van der Waals surface area contributed by atoms with Crippen LogP contribution in [0.1, 0.15) is 28.0 Å². The number of nitrogens with two attached hydrogens (primary N) is 1. The molecule has 0 amide bonds. The molecule has 1 aromatic rings. The summed E-state index contributed by atoms with van der Waals surface area (Å²) in [7, 11) is 0. The van der Waals surface area contributed by atoms with Gasteiger partial charge in [0.15, 0.2) is 6.29 Å². The van der Waals surface area contributed by atoms with E-state index in [1.54, 1.807) is 0 Å². The normalized spacial score (nSPS) is 10.6. The zero-order chi connectivity index (χ0) is 10.7. The van der Waals surface area contributed by atoms with Crippen LogP contribution in [0, 0.1) is 5.82 Å². The number of alkyl halides is 2. The first-order chi connectivity index (χ1) is 6.61. The Kier molecular flexibility index (Phi) is 3.19. The van der Waals surface area contributed by atoms with Crippen molar-refractivity contribution < 1.29 is 18.0 Å². The van der Waals surface area contributed by atoms with E-state index in [0.717, 1.165) is 6.20 Å². The van der Waals surface area contributed by atoms with Gasteiger partial charge in [-0.3, -0.25) is 9.78 Å². The van der Waals surface area contributed by atoms with Crippen molar-refractivity contribution in [3.05, 3.63) is 28.8 Å². The van der Waals surface area contributed by atoms with Crippen LogP contribution in [0.4, 0.5) is 13.2 Å². The van der Waals surface area contributed by atoms with Gasteiger partial charge in [0.05, 0.1) is 5.56 Å². The van der Waals surface area contributed by atoms with Crippen LogP contribution in [0.2, 0.25) is 0 Å². The smallest absolute Gasteiger partial charge is 0.281 e. The number of rotatable bonds is 3. The summed E-state index contributed by atoms with van der Waals surface area (Å²) >= 11 is 0. The molecular formula is C8H7F3N2O. The van der Waals surface area contributed by atoms with Crippen LogP contribution in [0.15, 0.2) is 6.20 Å². The zero-order valence-corrected chi connectivity index (χ0v) is 7.01. The van der Waals surface area contributed by atoms with E-state index in [1.807, 2.05) is 0 Å². The number of carbonyl (C=O) groups is 1. The molecule has 76 valence electrons. The fourth-order valence-corrected chi connectivity index (χ4v) is 0.987. The summed E-state index contributed by atoms with van der Waals surface area (Å²) in [5.74, 6) is -1.02. The van der Waals surface area contributed by atoms with Crippen molar-refractivity contribution in [2.45, 2.75) is 13.0 Å². The number of hydrogen-bond donors (Lipinski definition) is 1. The molecule has 0 radical (unpaired) electrons. The molecule has 0 aliphatic rings. The third kappa shape index (κ3) is 1.74. The summed E-state index contributed by atoms with van der Waals surface area (Å²) in [6, 6.07) is 0. The Hall–Kier alpha value is -1.43. The molecule has 1 aromatic heterocycles. The highest BCUT2D eigenvalue weighted by atomic mass is 19.3. The van der Waals surface area contributed by atoms with Gasteiger partial charge in [0.1, 0.15) is 11.5 Å². The zero-order valence-electron chi connectivity index (χ0n) is 7.01. The number of nitrogens with zero attached hydrogens (tertiary/aromatic N) is 1. The van der Waals surface area contributed by atoms with Crippen molar-refractivity contribution in [2.75, 3.05) is 0 Å². The van der Waals surface area contributed by atoms with Gasteiger partial charge in [-0.15, -0.1) is 0 Å². The van der Waals surface area contributed by atoms with Gasteiger partial charge < -0.3 is 5.73 Å². The molecule has 0 unspecified atom stereocenters. The summed E-state index contributed by atoms with van der Waals surface area (Å²) in [6.07, 6.45) is -2.05. The second-order valence-electron chi connectivity index (χ2n) is 2.52. The highest BCUT2D eigenvalue weighted by Gasteiger charge is 2.19. The van der Waals surface area contributed by atoms with Crippen LogP contribution in [-0.4, -0.2) is 11.3 Å². The lowest BCUT2D eigenvalue weighted by Gasteiger charge is -2.06. The van der Waals surface area contributed by atoms with Crippen LogP contribution in [0.3, 0.4) is 0 Å². The van der Waals surface area contributed by atoms with Crippen LogP contribution in [0.5, 0.6) is 0 Å². The first kappa shape index (κ1) is 10.6. The lowest BCUT2D eigenvalue weighted by molar-refractivity contribution is 0.109. The van der Waals surface area contributed by atoms with Crippen molar-refractivity contribution in [3.8, 4) is 0 Å². The van der Waals surface area contributed by atoms with E-state index in [9.17, 15) is 18.0 Å². The molecule has 1 heterocycles. The van der Waals surface area contributed by atoms with Crippen molar-refractivity contribution >= 4 is 6.29 Å². The van der Waals surface area contributed by atoms with E-state index in [1.165, 1.54) is 0 Å². The third-order valence-corrected chi connectivity index (χ3v) is 1.70. The minimum absolute atomic E-state index is 0.0169. The largest absolute Gasteiger partial charge is 0.326 e. The van der Waals surface area contributed by atoms with Gasteiger partial charge in [-0.1, -0.05) is 0 Å². The molecule has 0 fully saturated rings. The first-order valence-electron chi connectivity index (χ1n) is 3.72. The number of hydrogen-bond acceptors (Lipinski definition) is 3. The van der Waals surface area contributed by atoms with Crippen molar-refractivity contribution in [1.82, 2.24) is 4.98 Å². The van der Waals surface area contributed by atoms with Crippen molar-refractivity contribution in [1.29, 1.82) is 0 Å². The molecule has 6 heteroatoms. The van der Waals surface area contributed by atoms with E-state index < -0.39 is 23.5 Å². The van der Waals surface area contributed by atoms with E-state index >= 15 is 0 Å². The topological polar surface area (TPSA) is 56.0 Å². The molecule has 0 aliphatic heterocycles. The Bertz CT molecular complexity index is 355. The van der Waals surface area contributed by atoms with E-state index in [2.05, 4.69) is 4.98 Å². The quantitative estimate of drug-likeness (QED) is 0.757. The molecular weight excluding hydrogens is 197 g/mol. The summed E-state index contributed by atoms with van der Waals surface area (Å²) in [5.41, 5.74) is 3.49. The van der Waals surface area contributed by atoms with E-state index in [0.29, 0.717) is 0 Å². The first-order valence-corrected chi connectivity index (χ1v) is 3.72. The summed E-state index contributed by atoms with van der Waals surface area (Å²) in [4.78, 5) is 13.6. The van der Waals surface area contributed by atoms with Gasteiger partial charge in [0, 0.05) is 18.3 Å². The van der Waals surface area contributed by atoms with Gasteiger partial charge in [-0.25, -0.2) is 13.2 Å². The predicted octanol–water partition coefficient (Wildman–Crippen LogP) is 1.43. The molecule has 14 heavy (non-hydrogen) atoms. The Morgan fingerprint density at radius 1 is 1.57 bits per heavy atom. The second kappa shape index (κ2) is 4.19. The SMILES string of the molecule is NCc1cnc(C(F)F)c(C=O)c1F. The Labute approximate surface area is 77.7 Å². The highest BCUT2D eigenvalue weighted by Crippen LogP contribution is 2.22. The van der Waals surface area contributed by atoms with E-state index in [4.69, 9.17) is 5.73 Å². The average molecular weight is 204 g/mol. The molecule has 3 nitrogen and oxygen atoms in total. The monoisotopic (exact) mass is 204 g/mol. The molecule has 0 atom stereocenters. The molecule has 1 rings (SSSR count). The molecule has 0 saturated carbocycles. The van der Waals surface area contributed by atoms with Gasteiger partial charge in [0.25, 0.3) is 6.43 Å². The summed E-state index contributed by atoms with van der Waals surface area (Å²) in [6.45, 7) is -0.191. The lowest BCUT2D eigenvalue weighted by atomic mass is 10.1. The molecule has 0 bridgehead atoms. The number of aromatic nitrogens is 1. The molecule has 0 saturated heterocycles. The van der Waals surface area contributed by atoms with Crippen molar-refractivity contribution in [3.63, 3.8) is 0 Å². The number of pyridine rings is 1. The van der Waals surface area contributed by atoms with Crippen LogP contribution in [-0.2, 0) is 6.54 Å². The molecule has 0 spiro atoms. The number of carbonyl (C=O) groups excluding carboxylic acids is 1. The van der Waals surface area contributed by atoms with Gasteiger partial charge in [0.2, 0.25) is 0 Å². The minimum Gasteiger partial charge on any atom is -0.326 e. The van der Waals surface area contributed by atoms with Gasteiger partial charge in [-0.05, 0) is 0 Å².